The number of H-pyrrole nitrogens is 2. The Morgan fingerprint density at radius 3 is 1.96 bits per heavy atom. The van der Waals surface area contributed by atoms with Crippen LogP contribution in [0.5, 0.6) is 0 Å². The minimum absolute atomic E-state index is 0.0657. The van der Waals surface area contributed by atoms with Crippen LogP contribution in [-0.2, 0) is 17.4 Å². The molecule has 0 radical (unpaired) electrons. The lowest BCUT2D eigenvalue weighted by Gasteiger charge is -2.29. The Kier molecular flexibility index (Phi) is 12.6. The molecule has 4 atom stereocenters. The van der Waals surface area contributed by atoms with Crippen molar-refractivity contribution in [3.63, 3.8) is 0 Å². The molecule has 1 aromatic carbocycles. The van der Waals surface area contributed by atoms with Crippen molar-refractivity contribution in [2.45, 2.75) is 77.5 Å². The van der Waals surface area contributed by atoms with Crippen molar-refractivity contribution in [2.75, 3.05) is 25.5 Å². The van der Waals surface area contributed by atoms with Crippen LogP contribution < -0.4 is 16.0 Å². The van der Waals surface area contributed by atoms with E-state index in [4.69, 9.17) is 12.2 Å². The van der Waals surface area contributed by atoms with Gasteiger partial charge in [-0.2, -0.15) is 0 Å². The number of ether oxygens (including phenoxy) is 1. The summed E-state index contributed by atoms with van der Waals surface area (Å²) in [7, 11) is 1.25. The van der Waals surface area contributed by atoms with E-state index in [9.17, 15) is 24.0 Å². The van der Waals surface area contributed by atoms with Crippen molar-refractivity contribution in [3.05, 3.63) is 66.0 Å². The number of nitrogens with one attached hydrogen (secondary N) is 5. The lowest BCUT2D eigenvalue weighted by Crippen LogP contribution is -2.51. The van der Waals surface area contributed by atoms with Gasteiger partial charge in [0, 0.05) is 18.7 Å². The lowest BCUT2D eigenvalue weighted by molar-refractivity contribution is -0.136. The molecular weight excluding hydrogens is 839 g/mol. The van der Waals surface area contributed by atoms with E-state index in [0.717, 1.165) is 24.8 Å². The Balaban J connectivity index is 1.11. The second kappa shape index (κ2) is 17.5. The highest BCUT2D eigenvalue weighted by Gasteiger charge is 2.39. The van der Waals surface area contributed by atoms with Gasteiger partial charge in [0.1, 0.15) is 29.6 Å². The number of halogens is 1. The van der Waals surface area contributed by atoms with Crippen molar-refractivity contribution in [1.82, 2.24) is 45.4 Å². The van der Waals surface area contributed by atoms with E-state index in [1.54, 1.807) is 46.5 Å². The number of benzene rings is 1. The van der Waals surface area contributed by atoms with Gasteiger partial charge >= 0.3 is 12.2 Å². The maximum Gasteiger partial charge on any atom is 0.417 e. The van der Waals surface area contributed by atoms with Crippen LogP contribution in [0.25, 0.3) is 11.3 Å². The molecule has 6 rings (SSSR count). The van der Waals surface area contributed by atoms with Crippen LogP contribution >= 0.6 is 23.0 Å². The molecule has 2 saturated heterocycles. The fraction of sp³-hybridized carbons (Fsp3) is 0.459. The highest BCUT2D eigenvalue weighted by Crippen LogP contribution is 2.34. The molecule has 0 aliphatic carbocycles. The van der Waals surface area contributed by atoms with E-state index in [-0.39, 0.29) is 53.1 Å². The van der Waals surface area contributed by atoms with Gasteiger partial charge in [-0.25, -0.2) is 24.5 Å². The van der Waals surface area contributed by atoms with Gasteiger partial charge in [-0.1, -0.05) is 52.0 Å². The molecule has 0 unspecified atom stereocenters. The van der Waals surface area contributed by atoms with Gasteiger partial charge in [0.2, 0.25) is 23.5 Å². The van der Waals surface area contributed by atoms with Crippen molar-refractivity contribution in [3.8, 4) is 11.3 Å². The van der Waals surface area contributed by atoms with E-state index < -0.39 is 24.3 Å². The number of amides is 4. The second-order valence-electron chi connectivity index (χ2n) is 14.4. The van der Waals surface area contributed by atoms with Crippen LogP contribution in [0.3, 0.4) is 0 Å². The van der Waals surface area contributed by atoms with E-state index in [0.29, 0.717) is 48.2 Å². The van der Waals surface area contributed by atoms with Crippen LogP contribution in [0, 0.1) is 11.8 Å². The van der Waals surface area contributed by atoms with Gasteiger partial charge in [-0.15, -0.1) is 0 Å². The number of likely N-dealkylation sites (tertiary alicyclic amines) is 2. The molecule has 4 aromatic rings. The van der Waals surface area contributed by atoms with Crippen LogP contribution in [0.4, 0.5) is 21.3 Å². The highest BCUT2D eigenvalue weighted by atomic mass is 127. The van der Waals surface area contributed by atoms with E-state index in [2.05, 4.69) is 40.9 Å². The van der Waals surface area contributed by atoms with E-state index in [1.165, 1.54) is 36.5 Å². The summed E-state index contributed by atoms with van der Waals surface area (Å²) < 4.78 is 15.0. The maximum absolute atomic E-state index is 13.6. The molecule has 0 bridgehead atoms. The van der Waals surface area contributed by atoms with Crippen LogP contribution in [0.15, 0.2) is 47.5 Å². The lowest BCUT2D eigenvalue weighted by atomic mass is 10.0. The first kappa shape index (κ1) is 40.2. The minimum atomic E-state index is -0.758. The SMILES string of the molecule is COC(=O)N[C@H](C(=O)N1CCC[C@H]1c1ncc(Nc2ocnc2C(=O)c2ccc(-c3cnc([C@@H]4CCCN4C(=O)[C@@H](NC(=O)OI)C(C)C)[nH]3)cc2)[nH]1)C(C)C. The number of methoxy groups -OCH3 is 1. The predicted molar refractivity (Wildman–Crippen MR) is 210 cm³/mol. The maximum atomic E-state index is 13.6. The standard InChI is InChI=1S/C37H45IN10O8/c1-19(2)27(45-36(52)54-5)34(50)48-15-7-9-25(48)32-40-17-26(43-32)44-33-29(41-18-55-33)30(49)22-12-10-21(11-13-22)23-16-39-31(42-23)24-8-6-14-47(24)35(51)28(20(3)4)46-37(53)56-38/h10-13,16-20,24-25,27-28,44H,6-9,14-15H2,1-5H3,(H,39,42)(H,40,43)(H,45,52)(H,46,53)/t24-,25-,27-,28-/m0/s1. The predicted octanol–water partition coefficient (Wildman–Crippen LogP) is 5.57. The Bertz CT molecular complexity index is 2040. The molecule has 19 heteroatoms. The van der Waals surface area contributed by atoms with Gasteiger partial charge in [-0.3, -0.25) is 14.4 Å². The molecule has 56 heavy (non-hydrogen) atoms. The summed E-state index contributed by atoms with van der Waals surface area (Å²) in [5, 5.41) is 8.35. The quantitative estimate of drug-likeness (QED) is 0.0820. The van der Waals surface area contributed by atoms with Gasteiger partial charge < -0.3 is 47.9 Å². The van der Waals surface area contributed by atoms with Crippen molar-refractivity contribution < 1.29 is 36.2 Å². The average molecular weight is 885 g/mol. The van der Waals surface area contributed by atoms with Crippen molar-refractivity contribution >= 4 is 64.5 Å². The molecule has 3 aromatic heterocycles. The minimum Gasteiger partial charge on any atom is -0.453 e. The first-order valence-electron chi connectivity index (χ1n) is 18.4. The molecule has 2 aliphatic rings. The number of hydrogen-bond donors (Lipinski definition) is 5. The van der Waals surface area contributed by atoms with Crippen LogP contribution in [0.1, 0.15) is 93.2 Å². The topological polar surface area (TPSA) is 230 Å². The number of aromatic nitrogens is 5. The van der Waals surface area contributed by atoms with Gasteiger partial charge in [-0.05, 0) is 43.1 Å². The first-order chi connectivity index (χ1) is 26.9. The Morgan fingerprint density at radius 2 is 1.39 bits per heavy atom. The molecule has 18 nitrogen and oxygen atoms in total. The number of carbonyl (C=O) groups is 5. The molecular formula is C37H45IN10O8. The molecule has 0 saturated carbocycles. The summed E-state index contributed by atoms with van der Waals surface area (Å²) in [5.74, 6) is 0.628. The molecule has 0 spiro atoms. The zero-order valence-corrected chi connectivity index (χ0v) is 33.8. The summed E-state index contributed by atoms with van der Waals surface area (Å²) in [6.45, 7) is 8.49. The summed E-state index contributed by atoms with van der Waals surface area (Å²) >= 11 is 1.49. The molecule has 2 fully saturated rings. The fourth-order valence-electron chi connectivity index (χ4n) is 7.13. The Hall–Kier alpha value is -5.47. The summed E-state index contributed by atoms with van der Waals surface area (Å²) in [5.41, 5.74) is 1.94. The summed E-state index contributed by atoms with van der Waals surface area (Å²) in [6, 6.07) is 4.84. The third kappa shape index (κ3) is 8.66. The van der Waals surface area contributed by atoms with Crippen LogP contribution in [0.2, 0.25) is 0 Å². The monoisotopic (exact) mass is 884 g/mol. The Labute approximate surface area is 337 Å². The van der Waals surface area contributed by atoms with Gasteiger partial charge in [0.15, 0.2) is 35.1 Å². The summed E-state index contributed by atoms with van der Waals surface area (Å²) in [6.07, 6.45) is 6.03. The number of nitrogens with zero attached hydrogens (tertiary/aromatic N) is 5. The number of rotatable bonds is 13. The number of aromatic amines is 2. The second-order valence-corrected chi connectivity index (χ2v) is 14.8. The number of oxazole rings is 1. The van der Waals surface area contributed by atoms with Gasteiger partial charge in [0.05, 0.1) is 37.3 Å². The number of carbonyl (C=O) groups excluding carboxylic acids is 5. The smallest absolute Gasteiger partial charge is 0.417 e. The normalized spacial score (nSPS) is 17.9. The number of alkyl carbamates (subject to hydrolysis) is 1. The zero-order valence-electron chi connectivity index (χ0n) is 31.6. The first-order valence-corrected chi connectivity index (χ1v) is 19.3. The molecule has 5 heterocycles. The largest absolute Gasteiger partial charge is 0.453 e. The van der Waals surface area contributed by atoms with E-state index >= 15 is 0 Å². The third-order valence-electron chi connectivity index (χ3n) is 10.1. The fourth-order valence-corrected chi connectivity index (χ4v) is 7.26. The zero-order chi connectivity index (χ0) is 40.1. The Morgan fingerprint density at radius 1 is 0.821 bits per heavy atom. The van der Waals surface area contributed by atoms with Crippen molar-refractivity contribution in [1.29, 1.82) is 0 Å². The molecule has 298 valence electrons. The molecule has 4 amide bonds. The molecule has 2 aliphatic heterocycles. The number of ketones is 1. The number of anilines is 2. The number of imidazole rings is 2. The highest BCUT2D eigenvalue weighted by molar-refractivity contribution is 14.1. The third-order valence-corrected chi connectivity index (χ3v) is 10.5. The molecule has 5 N–H and O–H groups in total. The number of hydrogen-bond acceptors (Lipinski definition) is 12. The van der Waals surface area contributed by atoms with E-state index in [1.807, 2.05) is 27.7 Å². The van der Waals surface area contributed by atoms with Crippen LogP contribution in [-0.4, -0.2) is 96.8 Å². The van der Waals surface area contributed by atoms with Gasteiger partial charge in [0.25, 0.3) is 0 Å². The summed E-state index contributed by atoms with van der Waals surface area (Å²) in [4.78, 5) is 87.8. The van der Waals surface area contributed by atoms with Crippen molar-refractivity contribution in [2.24, 2.45) is 11.8 Å². The average Bonchev–Trinajstić information content (AvgIpc) is 4.04.